The van der Waals surface area contributed by atoms with Gasteiger partial charge in [-0.2, -0.15) is 0 Å². The molecule has 0 aromatic heterocycles. The first-order chi connectivity index (χ1) is 13.1. The molecule has 2 fully saturated rings. The van der Waals surface area contributed by atoms with Crippen LogP contribution < -0.4 is 14.8 Å². The second-order valence-electron chi connectivity index (χ2n) is 6.79. The van der Waals surface area contributed by atoms with Crippen LogP contribution in [0.3, 0.4) is 0 Å². The second kappa shape index (κ2) is 6.87. The monoisotopic (exact) mass is 369 g/mol. The molecular formula is C21H23NO5. The zero-order valence-corrected chi connectivity index (χ0v) is 15.5. The van der Waals surface area contributed by atoms with Crippen LogP contribution in [0.1, 0.15) is 24.0 Å². The van der Waals surface area contributed by atoms with Gasteiger partial charge in [0.15, 0.2) is 0 Å². The Kier molecular flexibility index (Phi) is 4.53. The third kappa shape index (κ3) is 2.95. The average Bonchev–Trinajstić information content (AvgIpc) is 3.01. The molecule has 0 aliphatic carbocycles. The summed E-state index contributed by atoms with van der Waals surface area (Å²) in [4.78, 5) is 13.2. The van der Waals surface area contributed by atoms with Gasteiger partial charge in [0, 0.05) is 37.1 Å². The Morgan fingerprint density at radius 2 is 1.33 bits per heavy atom. The van der Waals surface area contributed by atoms with Gasteiger partial charge < -0.3 is 24.3 Å². The molecule has 0 atom stereocenters. The first-order valence-corrected chi connectivity index (χ1v) is 9.05. The van der Waals surface area contributed by atoms with Crippen molar-refractivity contribution in [3.05, 3.63) is 59.7 Å². The van der Waals surface area contributed by atoms with Crippen molar-refractivity contribution in [1.29, 1.82) is 0 Å². The van der Waals surface area contributed by atoms with Gasteiger partial charge in [-0.3, -0.25) is 0 Å². The van der Waals surface area contributed by atoms with Gasteiger partial charge in [0.1, 0.15) is 11.5 Å². The highest BCUT2D eigenvalue weighted by Crippen LogP contribution is 2.48. The molecule has 2 aromatic carbocycles. The highest BCUT2D eigenvalue weighted by atomic mass is 16.8. The molecule has 2 saturated heterocycles. The normalized spacial score (nSPS) is 20.3. The van der Waals surface area contributed by atoms with Gasteiger partial charge in [0.05, 0.1) is 14.2 Å². The zero-order valence-electron chi connectivity index (χ0n) is 15.5. The van der Waals surface area contributed by atoms with E-state index in [1.807, 2.05) is 48.5 Å². The second-order valence-corrected chi connectivity index (χ2v) is 6.79. The fourth-order valence-electron chi connectivity index (χ4n) is 3.77. The van der Waals surface area contributed by atoms with Gasteiger partial charge in [0.25, 0.3) is 0 Å². The number of piperidine rings is 1. The summed E-state index contributed by atoms with van der Waals surface area (Å²) >= 11 is 0. The number of ether oxygens (including phenoxy) is 4. The van der Waals surface area contributed by atoms with Crippen molar-refractivity contribution in [2.75, 3.05) is 27.3 Å². The Bertz CT molecular complexity index is 762. The highest BCUT2D eigenvalue weighted by Gasteiger charge is 2.60. The first-order valence-electron chi connectivity index (χ1n) is 9.05. The Labute approximate surface area is 158 Å². The summed E-state index contributed by atoms with van der Waals surface area (Å²) < 4.78 is 22.9. The van der Waals surface area contributed by atoms with E-state index in [1.54, 1.807) is 14.2 Å². The van der Waals surface area contributed by atoms with E-state index < -0.39 is 11.4 Å². The molecule has 6 nitrogen and oxygen atoms in total. The predicted molar refractivity (Wildman–Crippen MR) is 98.8 cm³/mol. The van der Waals surface area contributed by atoms with Crippen LogP contribution in [-0.2, 0) is 19.9 Å². The largest absolute Gasteiger partial charge is 0.497 e. The van der Waals surface area contributed by atoms with Crippen molar-refractivity contribution in [1.82, 2.24) is 5.32 Å². The molecular weight excluding hydrogens is 346 g/mol. The van der Waals surface area contributed by atoms with Gasteiger partial charge >= 0.3 is 5.97 Å². The Hall–Kier alpha value is -2.57. The van der Waals surface area contributed by atoms with Crippen LogP contribution >= 0.6 is 0 Å². The van der Waals surface area contributed by atoms with Gasteiger partial charge in [-0.25, -0.2) is 4.79 Å². The zero-order chi connectivity index (χ0) is 18.9. The number of carbonyl (C=O) groups excluding carboxylic acids is 1. The number of hydrogen-bond donors (Lipinski definition) is 1. The van der Waals surface area contributed by atoms with Gasteiger partial charge in [-0.05, 0) is 24.3 Å². The van der Waals surface area contributed by atoms with Crippen molar-refractivity contribution in [2.45, 2.75) is 24.2 Å². The molecule has 2 heterocycles. The van der Waals surface area contributed by atoms with E-state index >= 15 is 0 Å². The molecule has 2 aliphatic heterocycles. The van der Waals surface area contributed by atoms with E-state index in [0.717, 1.165) is 13.1 Å². The minimum absolute atomic E-state index is 0.389. The van der Waals surface area contributed by atoms with Crippen molar-refractivity contribution < 1.29 is 23.7 Å². The minimum atomic E-state index is -1.31. The number of benzene rings is 2. The molecule has 0 bridgehead atoms. The molecule has 0 radical (unpaired) electrons. The molecule has 0 amide bonds. The molecule has 2 aliphatic rings. The third-order valence-electron chi connectivity index (χ3n) is 5.26. The summed E-state index contributed by atoms with van der Waals surface area (Å²) in [5, 5.41) is 3.28. The van der Waals surface area contributed by atoms with Crippen molar-refractivity contribution in [3.63, 3.8) is 0 Å². The van der Waals surface area contributed by atoms with E-state index in [-0.39, 0.29) is 5.97 Å². The Morgan fingerprint density at radius 1 is 0.852 bits per heavy atom. The lowest BCUT2D eigenvalue weighted by molar-refractivity contribution is -0.198. The van der Waals surface area contributed by atoms with Crippen LogP contribution in [0, 0.1) is 0 Å². The molecule has 142 valence electrons. The fourth-order valence-corrected chi connectivity index (χ4v) is 3.77. The molecule has 0 saturated carbocycles. The van der Waals surface area contributed by atoms with Crippen LogP contribution in [0.4, 0.5) is 0 Å². The van der Waals surface area contributed by atoms with Crippen LogP contribution in [0.25, 0.3) is 0 Å². The maximum atomic E-state index is 13.2. The van der Waals surface area contributed by atoms with E-state index in [4.69, 9.17) is 18.9 Å². The lowest BCUT2D eigenvalue weighted by atomic mass is 9.86. The minimum Gasteiger partial charge on any atom is -0.497 e. The SMILES string of the molecule is COc1ccc(C2(c3ccc(OC)cc3)OC3(CCNCC3)OC2=O)cc1. The summed E-state index contributed by atoms with van der Waals surface area (Å²) in [6.45, 7) is 1.49. The Morgan fingerprint density at radius 3 is 1.78 bits per heavy atom. The Balaban J connectivity index is 1.82. The highest BCUT2D eigenvalue weighted by molar-refractivity contribution is 5.87. The maximum Gasteiger partial charge on any atom is 0.350 e. The van der Waals surface area contributed by atoms with Crippen LogP contribution in [-0.4, -0.2) is 39.1 Å². The van der Waals surface area contributed by atoms with Gasteiger partial charge in [-0.15, -0.1) is 0 Å². The van der Waals surface area contributed by atoms with E-state index in [9.17, 15) is 4.79 Å². The van der Waals surface area contributed by atoms with Gasteiger partial charge in [-0.1, -0.05) is 24.3 Å². The first kappa shape index (κ1) is 17.8. The van der Waals surface area contributed by atoms with Crippen LogP contribution in [0.5, 0.6) is 11.5 Å². The van der Waals surface area contributed by atoms with Crippen molar-refractivity contribution >= 4 is 5.97 Å². The lowest BCUT2D eigenvalue weighted by Gasteiger charge is -2.34. The molecule has 4 rings (SSSR count). The third-order valence-corrected chi connectivity index (χ3v) is 5.26. The standard InChI is InChI=1S/C21H23NO5/c1-24-17-7-3-15(4-8-17)21(16-5-9-18(25-2)10-6-16)19(23)26-20(27-21)11-13-22-14-12-20/h3-10,22H,11-14H2,1-2H3. The van der Waals surface area contributed by atoms with Crippen molar-refractivity contribution in [3.8, 4) is 11.5 Å². The van der Waals surface area contributed by atoms with Crippen LogP contribution in [0.15, 0.2) is 48.5 Å². The smallest absolute Gasteiger partial charge is 0.350 e. The maximum absolute atomic E-state index is 13.2. The number of hydrogen-bond acceptors (Lipinski definition) is 6. The van der Waals surface area contributed by atoms with Crippen molar-refractivity contribution in [2.24, 2.45) is 0 Å². The predicted octanol–water partition coefficient (Wildman–Crippen LogP) is 2.60. The molecule has 6 heteroatoms. The molecule has 0 unspecified atom stereocenters. The number of nitrogens with one attached hydrogen (secondary N) is 1. The summed E-state index contributed by atoms with van der Waals surface area (Å²) in [5.41, 5.74) is 0.123. The lowest BCUT2D eigenvalue weighted by Crippen LogP contribution is -2.44. The molecule has 1 N–H and O–H groups in total. The van der Waals surface area contributed by atoms with E-state index in [2.05, 4.69) is 5.32 Å². The molecule has 2 aromatic rings. The summed E-state index contributed by atoms with van der Waals surface area (Å²) in [5.74, 6) is 0.139. The van der Waals surface area contributed by atoms with E-state index in [0.29, 0.717) is 35.5 Å². The van der Waals surface area contributed by atoms with Gasteiger partial charge in [0.2, 0.25) is 11.4 Å². The number of methoxy groups -OCH3 is 2. The summed E-state index contributed by atoms with van der Waals surface area (Å²) in [7, 11) is 3.22. The fraction of sp³-hybridized carbons (Fsp3) is 0.381. The molecule has 27 heavy (non-hydrogen) atoms. The molecule has 1 spiro atoms. The van der Waals surface area contributed by atoms with E-state index in [1.165, 1.54) is 0 Å². The topological polar surface area (TPSA) is 66.0 Å². The quantitative estimate of drug-likeness (QED) is 0.836. The number of rotatable bonds is 4. The number of esters is 1. The van der Waals surface area contributed by atoms with Crippen LogP contribution in [0.2, 0.25) is 0 Å². The summed E-state index contributed by atoms with van der Waals surface area (Å²) in [6.07, 6.45) is 1.24. The summed E-state index contributed by atoms with van der Waals surface area (Å²) in [6, 6.07) is 14.7. The number of carbonyl (C=O) groups is 1. The average molecular weight is 369 g/mol.